The number of rotatable bonds is 9. The molecule has 1 aromatic heterocycles. The van der Waals surface area contributed by atoms with Gasteiger partial charge in [-0.2, -0.15) is 0 Å². The fourth-order valence-corrected chi connectivity index (χ4v) is 5.01. The van der Waals surface area contributed by atoms with Gasteiger partial charge in [0.25, 0.3) is 5.91 Å². The van der Waals surface area contributed by atoms with Crippen LogP contribution in [0.1, 0.15) is 53.8 Å². The van der Waals surface area contributed by atoms with E-state index in [0.29, 0.717) is 22.6 Å². The van der Waals surface area contributed by atoms with Gasteiger partial charge in [0.15, 0.2) is 0 Å². The maximum atomic E-state index is 14.5. The molecule has 5 rings (SSSR count). The Kier molecular flexibility index (Phi) is 8.28. The first kappa shape index (κ1) is 28.2. The third kappa shape index (κ3) is 6.70. The van der Waals surface area contributed by atoms with E-state index in [2.05, 4.69) is 21.7 Å². The lowest BCUT2D eigenvalue weighted by Crippen LogP contribution is -2.49. The van der Waals surface area contributed by atoms with Gasteiger partial charge in [0.2, 0.25) is 11.8 Å². The number of halogens is 2. The molecule has 1 aliphatic carbocycles. The highest BCUT2D eigenvalue weighted by atomic mass is 19.1. The Morgan fingerprint density at radius 3 is 2.71 bits per heavy atom. The number of pyridine rings is 1. The minimum Gasteiger partial charge on any atom is -0.497 e. The molecule has 10 heteroatoms. The van der Waals surface area contributed by atoms with E-state index in [9.17, 15) is 23.2 Å². The van der Waals surface area contributed by atoms with Gasteiger partial charge in [0, 0.05) is 11.8 Å². The lowest BCUT2D eigenvalue weighted by Gasteiger charge is -2.26. The number of aromatic nitrogens is 1. The zero-order valence-corrected chi connectivity index (χ0v) is 22.9. The normalized spacial score (nSPS) is 19.4. The van der Waals surface area contributed by atoms with Crippen LogP contribution in [-0.4, -0.2) is 60.0 Å². The van der Waals surface area contributed by atoms with Crippen molar-refractivity contribution in [2.24, 2.45) is 5.92 Å². The van der Waals surface area contributed by atoms with Gasteiger partial charge < -0.3 is 20.3 Å². The minimum absolute atomic E-state index is 0.0517. The summed E-state index contributed by atoms with van der Waals surface area (Å²) in [5, 5.41) is 5.97. The molecule has 3 amide bonds. The molecule has 1 saturated carbocycles. The molecule has 3 aromatic rings. The van der Waals surface area contributed by atoms with Crippen LogP contribution in [0.25, 0.3) is 17.0 Å². The number of nitrogens with zero attached hydrogens (tertiary/aromatic N) is 2. The summed E-state index contributed by atoms with van der Waals surface area (Å²) in [7, 11) is 1.59. The number of benzene rings is 2. The van der Waals surface area contributed by atoms with E-state index in [4.69, 9.17) is 4.74 Å². The molecule has 1 saturated heterocycles. The fourth-order valence-electron chi connectivity index (χ4n) is 5.01. The standard InChI is InChI=1S/C31H32F2N4O4/c1-18(25-10-9-24(41-2)14-20(25)6-5-19-3-4-19)35-31(40)28-15-23(33)17-37(28)29(38)16-34-30(39)27-11-7-21-13-22(32)8-12-26(21)36-27/h5-14,18-19,23,28H,3-4,15-17H2,1-2H3,(H,34,39)(H,35,40)/b6-5+/t18-,23+,28-/m0/s1. The van der Waals surface area contributed by atoms with E-state index in [1.54, 1.807) is 13.2 Å². The van der Waals surface area contributed by atoms with Gasteiger partial charge in [-0.25, -0.2) is 13.8 Å². The van der Waals surface area contributed by atoms with E-state index in [-0.39, 0.29) is 18.7 Å². The summed E-state index contributed by atoms with van der Waals surface area (Å²) in [5.41, 5.74) is 2.28. The number of hydrogen-bond donors (Lipinski definition) is 2. The SMILES string of the molecule is COc1ccc([C@H](C)NC(=O)[C@@H]2C[C@@H](F)CN2C(=O)CNC(=O)c2ccc3cc(F)ccc3n2)c(/C=C/C2CC2)c1. The Morgan fingerprint density at radius 1 is 1.15 bits per heavy atom. The number of alkyl halides is 1. The highest BCUT2D eigenvalue weighted by molar-refractivity contribution is 5.97. The third-order valence-corrected chi connectivity index (χ3v) is 7.45. The topological polar surface area (TPSA) is 101 Å². The number of carbonyl (C=O) groups is 3. The number of hydrogen-bond acceptors (Lipinski definition) is 5. The molecule has 41 heavy (non-hydrogen) atoms. The van der Waals surface area contributed by atoms with E-state index in [1.807, 2.05) is 31.2 Å². The van der Waals surface area contributed by atoms with Crippen molar-refractivity contribution in [3.8, 4) is 5.75 Å². The number of ether oxygens (including phenoxy) is 1. The minimum atomic E-state index is -1.36. The van der Waals surface area contributed by atoms with Crippen molar-refractivity contribution in [1.82, 2.24) is 20.5 Å². The molecule has 0 radical (unpaired) electrons. The molecule has 0 spiro atoms. The van der Waals surface area contributed by atoms with Crippen LogP contribution in [0, 0.1) is 11.7 Å². The first-order valence-corrected chi connectivity index (χ1v) is 13.7. The Hall–Kier alpha value is -4.34. The summed E-state index contributed by atoms with van der Waals surface area (Å²) in [5.74, 6) is -0.797. The average molecular weight is 563 g/mol. The predicted molar refractivity (Wildman–Crippen MR) is 150 cm³/mol. The molecule has 3 atom stereocenters. The van der Waals surface area contributed by atoms with Crippen LogP contribution >= 0.6 is 0 Å². The van der Waals surface area contributed by atoms with Crippen molar-refractivity contribution in [2.45, 2.75) is 44.4 Å². The summed E-state index contributed by atoms with van der Waals surface area (Å²) in [6, 6.07) is 11.2. The summed E-state index contributed by atoms with van der Waals surface area (Å²) in [4.78, 5) is 44.3. The van der Waals surface area contributed by atoms with Crippen LogP contribution in [0.15, 0.2) is 54.6 Å². The Bertz CT molecular complexity index is 1510. The van der Waals surface area contributed by atoms with Gasteiger partial charge in [-0.1, -0.05) is 24.3 Å². The van der Waals surface area contributed by atoms with Crippen molar-refractivity contribution in [3.63, 3.8) is 0 Å². The molecule has 2 aromatic carbocycles. The van der Waals surface area contributed by atoms with Gasteiger partial charge in [0.05, 0.1) is 31.8 Å². The first-order valence-electron chi connectivity index (χ1n) is 13.7. The van der Waals surface area contributed by atoms with E-state index in [0.717, 1.165) is 11.1 Å². The number of carbonyl (C=O) groups excluding carboxylic acids is 3. The van der Waals surface area contributed by atoms with Crippen LogP contribution in [-0.2, 0) is 9.59 Å². The van der Waals surface area contributed by atoms with Crippen LogP contribution in [0.3, 0.4) is 0 Å². The number of nitrogens with one attached hydrogen (secondary N) is 2. The van der Waals surface area contributed by atoms with Gasteiger partial charge in [0.1, 0.15) is 29.5 Å². The molecule has 2 N–H and O–H groups in total. The molecule has 1 aliphatic heterocycles. The maximum Gasteiger partial charge on any atom is 0.270 e. The monoisotopic (exact) mass is 562 g/mol. The van der Waals surface area contributed by atoms with Crippen molar-refractivity contribution < 1.29 is 27.9 Å². The van der Waals surface area contributed by atoms with Crippen molar-refractivity contribution >= 4 is 34.7 Å². The quantitative estimate of drug-likeness (QED) is 0.404. The second-order valence-electron chi connectivity index (χ2n) is 10.5. The third-order valence-electron chi connectivity index (χ3n) is 7.45. The number of allylic oxidation sites excluding steroid dienone is 1. The lowest BCUT2D eigenvalue weighted by atomic mass is 9.99. The molecule has 8 nitrogen and oxygen atoms in total. The Morgan fingerprint density at radius 2 is 1.95 bits per heavy atom. The first-order chi connectivity index (χ1) is 19.7. The molecular formula is C31H32F2N4O4. The molecule has 2 heterocycles. The average Bonchev–Trinajstić information content (AvgIpc) is 3.72. The largest absolute Gasteiger partial charge is 0.497 e. The van der Waals surface area contributed by atoms with Crippen molar-refractivity contribution in [1.29, 1.82) is 0 Å². The highest BCUT2D eigenvalue weighted by Gasteiger charge is 2.40. The summed E-state index contributed by atoms with van der Waals surface area (Å²) in [6.45, 7) is 1.18. The highest BCUT2D eigenvalue weighted by Crippen LogP contribution is 2.32. The predicted octanol–water partition coefficient (Wildman–Crippen LogP) is 4.35. The number of methoxy groups -OCH3 is 1. The second kappa shape index (κ2) is 12.0. The number of fused-ring (bicyclic) bond motifs is 1. The van der Waals surface area contributed by atoms with Crippen molar-refractivity contribution in [3.05, 3.63) is 77.2 Å². The summed E-state index contributed by atoms with van der Waals surface area (Å²) in [6.07, 6.45) is 5.03. The second-order valence-corrected chi connectivity index (χ2v) is 10.5. The van der Waals surface area contributed by atoms with E-state index < -0.39 is 48.3 Å². The molecule has 0 unspecified atom stereocenters. The van der Waals surface area contributed by atoms with Crippen LogP contribution in [0.5, 0.6) is 5.75 Å². The zero-order chi connectivity index (χ0) is 29.1. The van der Waals surface area contributed by atoms with Crippen molar-refractivity contribution in [2.75, 3.05) is 20.2 Å². The van der Waals surface area contributed by atoms with E-state index in [1.165, 1.54) is 42.0 Å². The lowest BCUT2D eigenvalue weighted by molar-refractivity contribution is -0.138. The molecule has 214 valence electrons. The van der Waals surface area contributed by atoms with Gasteiger partial charge in [-0.3, -0.25) is 14.4 Å². The Balaban J connectivity index is 1.22. The smallest absolute Gasteiger partial charge is 0.270 e. The Labute approximate surface area is 236 Å². The van der Waals surface area contributed by atoms with Crippen LogP contribution in [0.2, 0.25) is 0 Å². The summed E-state index contributed by atoms with van der Waals surface area (Å²) < 4.78 is 33.2. The fraction of sp³-hybridized carbons (Fsp3) is 0.355. The molecule has 0 bridgehead atoms. The van der Waals surface area contributed by atoms with Crippen LogP contribution in [0.4, 0.5) is 8.78 Å². The summed E-state index contributed by atoms with van der Waals surface area (Å²) >= 11 is 0. The molecular weight excluding hydrogens is 530 g/mol. The zero-order valence-electron chi connectivity index (χ0n) is 22.9. The number of likely N-dealkylation sites (tertiary alicyclic amines) is 1. The van der Waals surface area contributed by atoms with Gasteiger partial charge >= 0.3 is 0 Å². The number of amides is 3. The van der Waals surface area contributed by atoms with Crippen LogP contribution < -0.4 is 15.4 Å². The maximum absolute atomic E-state index is 14.5. The molecule has 2 fully saturated rings. The van der Waals surface area contributed by atoms with E-state index >= 15 is 0 Å². The molecule has 2 aliphatic rings. The van der Waals surface area contributed by atoms with Gasteiger partial charge in [-0.15, -0.1) is 0 Å². The van der Waals surface area contributed by atoms with Gasteiger partial charge in [-0.05, 0) is 73.2 Å².